The van der Waals surface area contributed by atoms with Gasteiger partial charge in [0.1, 0.15) is 5.75 Å². The summed E-state index contributed by atoms with van der Waals surface area (Å²) in [7, 11) is 1.70. The van der Waals surface area contributed by atoms with Crippen LogP contribution in [-0.4, -0.2) is 68.9 Å². The number of nitrogens with one attached hydrogen (secondary N) is 2. The van der Waals surface area contributed by atoms with Gasteiger partial charge >= 0.3 is 0 Å². The van der Waals surface area contributed by atoms with E-state index in [-0.39, 0.29) is 30.0 Å². The number of morpholine rings is 1. The molecule has 0 spiro atoms. The molecule has 1 saturated heterocycles. The molecule has 0 bridgehead atoms. The second kappa shape index (κ2) is 14.3. The smallest absolute Gasteiger partial charge is 0.191 e. The molecule has 0 aliphatic carbocycles. The fourth-order valence-electron chi connectivity index (χ4n) is 3.76. The van der Waals surface area contributed by atoms with Gasteiger partial charge in [-0.3, -0.25) is 14.9 Å². The lowest BCUT2D eigenvalue weighted by atomic mass is 10.0. The third-order valence-corrected chi connectivity index (χ3v) is 5.58. The van der Waals surface area contributed by atoms with Gasteiger partial charge in [-0.05, 0) is 55.2 Å². The Bertz CT molecular complexity index is 825. The average Bonchev–Trinajstić information content (AvgIpc) is 2.81. The first kappa shape index (κ1) is 26.3. The van der Waals surface area contributed by atoms with E-state index in [1.807, 2.05) is 24.5 Å². The molecule has 3 rings (SSSR count). The summed E-state index contributed by atoms with van der Waals surface area (Å²) in [6.07, 6.45) is 4.70. The molecule has 2 heterocycles. The zero-order valence-electron chi connectivity index (χ0n) is 19.3. The predicted molar refractivity (Wildman–Crippen MR) is 140 cm³/mol. The van der Waals surface area contributed by atoms with Crippen LogP contribution in [0.2, 0.25) is 0 Å². The Morgan fingerprint density at radius 1 is 1.19 bits per heavy atom. The van der Waals surface area contributed by atoms with Gasteiger partial charge in [0.25, 0.3) is 0 Å². The number of aliphatic imine (C=N–C) groups is 1. The molecular formula is C24H36IN5O2. The highest BCUT2D eigenvalue weighted by Gasteiger charge is 2.22. The number of aryl methyl sites for hydroxylation is 1. The van der Waals surface area contributed by atoms with Gasteiger partial charge in [-0.2, -0.15) is 0 Å². The van der Waals surface area contributed by atoms with Crippen LogP contribution < -0.4 is 15.4 Å². The maximum Gasteiger partial charge on any atom is 0.191 e. The number of hydrogen-bond donors (Lipinski definition) is 2. The van der Waals surface area contributed by atoms with E-state index >= 15 is 0 Å². The Kier molecular flexibility index (Phi) is 11.8. The number of aromatic nitrogens is 1. The van der Waals surface area contributed by atoms with Crippen molar-refractivity contribution in [1.29, 1.82) is 0 Å². The maximum absolute atomic E-state index is 5.56. The Hall–Kier alpha value is -1.91. The van der Waals surface area contributed by atoms with Crippen LogP contribution in [0.3, 0.4) is 0 Å². The van der Waals surface area contributed by atoms with E-state index in [1.165, 1.54) is 16.7 Å². The summed E-state index contributed by atoms with van der Waals surface area (Å²) in [5.41, 5.74) is 3.77. The Labute approximate surface area is 209 Å². The number of guanidine groups is 1. The van der Waals surface area contributed by atoms with E-state index in [2.05, 4.69) is 52.6 Å². The third-order valence-electron chi connectivity index (χ3n) is 5.58. The Morgan fingerprint density at radius 3 is 2.59 bits per heavy atom. The van der Waals surface area contributed by atoms with Gasteiger partial charge in [0, 0.05) is 38.6 Å². The second-order valence-corrected chi connectivity index (χ2v) is 7.64. The molecule has 1 aromatic heterocycles. The first-order valence-electron chi connectivity index (χ1n) is 11.1. The first-order valence-corrected chi connectivity index (χ1v) is 11.1. The highest BCUT2D eigenvalue weighted by Crippen LogP contribution is 2.24. The fraction of sp³-hybridized carbons (Fsp3) is 0.500. The molecule has 1 fully saturated rings. The number of nitrogens with zero attached hydrogens (tertiary/aromatic N) is 3. The molecule has 1 atom stereocenters. The van der Waals surface area contributed by atoms with Gasteiger partial charge in [0.2, 0.25) is 0 Å². The van der Waals surface area contributed by atoms with Crippen molar-refractivity contribution < 1.29 is 9.47 Å². The molecule has 7 nitrogen and oxygen atoms in total. The van der Waals surface area contributed by atoms with Crippen LogP contribution in [0.5, 0.6) is 5.75 Å². The van der Waals surface area contributed by atoms with Crippen molar-refractivity contribution in [2.75, 3.05) is 53.0 Å². The van der Waals surface area contributed by atoms with Crippen LogP contribution in [0.25, 0.3) is 0 Å². The summed E-state index contributed by atoms with van der Waals surface area (Å²) in [4.78, 5) is 11.6. The van der Waals surface area contributed by atoms with Gasteiger partial charge in [-0.15, -0.1) is 24.0 Å². The van der Waals surface area contributed by atoms with E-state index in [1.54, 1.807) is 7.11 Å². The zero-order valence-corrected chi connectivity index (χ0v) is 21.7. The van der Waals surface area contributed by atoms with E-state index in [4.69, 9.17) is 14.5 Å². The number of methoxy groups -OCH3 is 1. The van der Waals surface area contributed by atoms with Crippen molar-refractivity contribution in [3.8, 4) is 5.75 Å². The molecule has 0 radical (unpaired) electrons. The molecule has 32 heavy (non-hydrogen) atoms. The van der Waals surface area contributed by atoms with Crippen molar-refractivity contribution in [3.63, 3.8) is 0 Å². The topological polar surface area (TPSA) is 71.0 Å². The standard InChI is InChI=1S/C24H35N5O2.HI/c1-4-26-24(27-12-10-20-9-11-25-17-19(20)2)28-18-23(29-13-15-31-16-14-29)21-5-7-22(30-3)8-6-21;/h5-9,11,17,23H,4,10,12-16,18H2,1-3H3,(H2,26,27,28);1H. The highest BCUT2D eigenvalue weighted by atomic mass is 127. The predicted octanol–water partition coefficient (Wildman–Crippen LogP) is 3.19. The summed E-state index contributed by atoms with van der Waals surface area (Å²) < 4.78 is 10.9. The number of pyridine rings is 1. The lowest BCUT2D eigenvalue weighted by molar-refractivity contribution is 0.0179. The van der Waals surface area contributed by atoms with Gasteiger partial charge < -0.3 is 20.1 Å². The summed E-state index contributed by atoms with van der Waals surface area (Å²) >= 11 is 0. The monoisotopic (exact) mass is 553 g/mol. The SMILES string of the molecule is CCNC(=NCC(c1ccc(OC)cc1)N1CCOCC1)NCCc1ccncc1C.I. The Morgan fingerprint density at radius 2 is 1.94 bits per heavy atom. The molecule has 2 N–H and O–H groups in total. The Balaban J connectivity index is 0.00000363. The number of ether oxygens (including phenoxy) is 2. The van der Waals surface area contributed by atoms with E-state index < -0.39 is 0 Å². The van der Waals surface area contributed by atoms with Crippen LogP contribution in [0, 0.1) is 6.92 Å². The van der Waals surface area contributed by atoms with Crippen molar-refractivity contribution in [1.82, 2.24) is 20.5 Å². The molecule has 1 unspecified atom stereocenters. The minimum Gasteiger partial charge on any atom is -0.497 e. The average molecular weight is 553 g/mol. The fourth-order valence-corrected chi connectivity index (χ4v) is 3.76. The molecule has 2 aromatic rings. The lowest BCUT2D eigenvalue weighted by Crippen LogP contribution is -2.42. The largest absolute Gasteiger partial charge is 0.497 e. The van der Waals surface area contributed by atoms with Crippen LogP contribution >= 0.6 is 24.0 Å². The molecule has 0 saturated carbocycles. The van der Waals surface area contributed by atoms with Crippen molar-refractivity contribution in [2.45, 2.75) is 26.3 Å². The van der Waals surface area contributed by atoms with E-state index in [0.29, 0.717) is 6.54 Å². The van der Waals surface area contributed by atoms with Gasteiger partial charge in [0.15, 0.2) is 5.96 Å². The number of hydrogen-bond acceptors (Lipinski definition) is 5. The maximum atomic E-state index is 5.56. The minimum absolute atomic E-state index is 0. The van der Waals surface area contributed by atoms with Crippen molar-refractivity contribution >= 4 is 29.9 Å². The number of rotatable bonds is 9. The molecule has 1 aromatic carbocycles. The number of benzene rings is 1. The van der Waals surface area contributed by atoms with Crippen molar-refractivity contribution in [3.05, 3.63) is 59.4 Å². The van der Waals surface area contributed by atoms with Crippen LogP contribution in [0.15, 0.2) is 47.7 Å². The van der Waals surface area contributed by atoms with Crippen LogP contribution in [-0.2, 0) is 11.2 Å². The van der Waals surface area contributed by atoms with Crippen LogP contribution in [0.4, 0.5) is 0 Å². The summed E-state index contributed by atoms with van der Waals surface area (Å²) in [6, 6.07) is 10.6. The van der Waals surface area contributed by atoms with Gasteiger partial charge in [0.05, 0.1) is 32.9 Å². The molecule has 176 valence electrons. The first-order chi connectivity index (χ1) is 15.2. The second-order valence-electron chi connectivity index (χ2n) is 7.64. The summed E-state index contributed by atoms with van der Waals surface area (Å²) in [6.45, 7) is 9.87. The molecule has 1 aliphatic heterocycles. The quantitative estimate of drug-likeness (QED) is 0.283. The molecule has 0 amide bonds. The minimum atomic E-state index is 0. The van der Waals surface area contributed by atoms with E-state index in [0.717, 1.165) is 57.5 Å². The highest BCUT2D eigenvalue weighted by molar-refractivity contribution is 14.0. The van der Waals surface area contributed by atoms with E-state index in [9.17, 15) is 0 Å². The third kappa shape index (κ3) is 7.90. The normalized spacial score (nSPS) is 15.5. The molecule has 8 heteroatoms. The lowest BCUT2D eigenvalue weighted by Gasteiger charge is -2.34. The van der Waals surface area contributed by atoms with Crippen LogP contribution in [0.1, 0.15) is 29.7 Å². The van der Waals surface area contributed by atoms with Gasteiger partial charge in [-0.1, -0.05) is 12.1 Å². The number of halogens is 1. The van der Waals surface area contributed by atoms with Crippen molar-refractivity contribution in [2.24, 2.45) is 4.99 Å². The molecular weight excluding hydrogens is 517 g/mol. The summed E-state index contributed by atoms with van der Waals surface area (Å²) in [5, 5.41) is 6.85. The molecule has 1 aliphatic rings. The summed E-state index contributed by atoms with van der Waals surface area (Å²) in [5.74, 6) is 1.72. The zero-order chi connectivity index (χ0) is 21.9. The van der Waals surface area contributed by atoms with Gasteiger partial charge in [-0.25, -0.2) is 0 Å².